The Morgan fingerprint density at radius 3 is 2.92 bits per heavy atom. The third kappa shape index (κ3) is 3.11. The summed E-state index contributed by atoms with van der Waals surface area (Å²) in [5, 5.41) is 11.2. The van der Waals surface area contributed by atoms with Crippen LogP contribution >= 0.6 is 0 Å². The van der Waals surface area contributed by atoms with Crippen molar-refractivity contribution in [2.75, 3.05) is 20.2 Å². The molecule has 1 fully saturated rings. The third-order valence-electron chi connectivity index (χ3n) is 4.94. The summed E-state index contributed by atoms with van der Waals surface area (Å²) >= 11 is 0. The molecule has 1 aliphatic heterocycles. The van der Waals surface area contributed by atoms with E-state index in [9.17, 15) is 4.79 Å². The zero-order chi connectivity index (χ0) is 17.2. The summed E-state index contributed by atoms with van der Waals surface area (Å²) < 4.78 is 6.86. The second kappa shape index (κ2) is 6.59. The number of nitrogens with zero attached hydrogens (tertiary/aromatic N) is 5. The van der Waals surface area contributed by atoms with Crippen LogP contribution in [-0.2, 0) is 0 Å². The van der Waals surface area contributed by atoms with Crippen molar-refractivity contribution in [2.24, 2.45) is 5.41 Å². The monoisotopic (exact) mass is 329 g/mol. The van der Waals surface area contributed by atoms with Gasteiger partial charge in [-0.1, -0.05) is 13.8 Å². The highest BCUT2D eigenvalue weighted by atomic mass is 16.5. The number of carbonyl (C=O) groups is 1. The average Bonchev–Trinajstić information content (AvgIpc) is 3.15. The number of hydrogen-bond donors (Lipinski definition) is 0. The molecule has 24 heavy (non-hydrogen) atoms. The largest absolute Gasteiger partial charge is 0.494 e. The summed E-state index contributed by atoms with van der Waals surface area (Å²) in [7, 11) is 1.59. The molecule has 0 bridgehead atoms. The van der Waals surface area contributed by atoms with Crippen LogP contribution in [0.4, 0.5) is 0 Å². The molecule has 0 aliphatic carbocycles. The molecule has 1 unspecified atom stereocenters. The van der Waals surface area contributed by atoms with Crippen LogP contribution in [0.1, 0.15) is 43.5 Å². The lowest BCUT2D eigenvalue weighted by Gasteiger charge is -2.40. The number of hydrogen-bond acceptors (Lipinski definition) is 5. The van der Waals surface area contributed by atoms with Gasteiger partial charge in [0.05, 0.1) is 7.11 Å². The Balaban J connectivity index is 1.89. The minimum Gasteiger partial charge on any atom is -0.494 e. The SMILES string of the molecule is CCC1(C)CCCN(C(=O)c2ccc(OC)c(-n3cnnn3)c2)C1. The summed E-state index contributed by atoms with van der Waals surface area (Å²) in [6.45, 7) is 6.05. The molecule has 1 aliphatic rings. The zero-order valence-electron chi connectivity index (χ0n) is 14.4. The van der Waals surface area contributed by atoms with E-state index in [2.05, 4.69) is 29.4 Å². The van der Waals surface area contributed by atoms with Crippen molar-refractivity contribution in [3.63, 3.8) is 0 Å². The van der Waals surface area contributed by atoms with Crippen LogP contribution in [0.5, 0.6) is 5.75 Å². The van der Waals surface area contributed by atoms with E-state index in [0.717, 1.165) is 25.9 Å². The molecule has 0 saturated carbocycles. The Labute approximate surface area is 141 Å². The van der Waals surface area contributed by atoms with Crippen LogP contribution in [-0.4, -0.2) is 51.2 Å². The van der Waals surface area contributed by atoms with Gasteiger partial charge in [-0.2, -0.15) is 4.68 Å². The summed E-state index contributed by atoms with van der Waals surface area (Å²) in [6, 6.07) is 5.37. The van der Waals surface area contributed by atoms with E-state index in [1.165, 1.54) is 17.4 Å². The summed E-state index contributed by atoms with van der Waals surface area (Å²) in [5.74, 6) is 0.669. The molecule has 0 radical (unpaired) electrons. The molecule has 2 heterocycles. The molecule has 0 N–H and O–H groups in total. The van der Waals surface area contributed by atoms with E-state index in [0.29, 0.717) is 17.0 Å². The lowest BCUT2D eigenvalue weighted by atomic mass is 9.79. The molecule has 1 aromatic heterocycles. The summed E-state index contributed by atoms with van der Waals surface area (Å²) in [4.78, 5) is 14.9. The number of amides is 1. The minimum atomic E-state index is 0.0475. The smallest absolute Gasteiger partial charge is 0.253 e. The van der Waals surface area contributed by atoms with Gasteiger partial charge < -0.3 is 9.64 Å². The van der Waals surface area contributed by atoms with Gasteiger partial charge >= 0.3 is 0 Å². The number of piperidine rings is 1. The lowest BCUT2D eigenvalue weighted by Crippen LogP contribution is -2.44. The van der Waals surface area contributed by atoms with Crippen molar-refractivity contribution < 1.29 is 9.53 Å². The molecule has 1 amide bonds. The van der Waals surface area contributed by atoms with Crippen LogP contribution in [0.25, 0.3) is 5.69 Å². The Bertz CT molecular complexity index is 716. The van der Waals surface area contributed by atoms with Crippen molar-refractivity contribution >= 4 is 5.91 Å². The van der Waals surface area contributed by atoms with Gasteiger partial charge in [-0.05, 0) is 53.3 Å². The van der Waals surface area contributed by atoms with Gasteiger partial charge in [0.2, 0.25) is 0 Å². The second-order valence-corrected chi connectivity index (χ2v) is 6.64. The fourth-order valence-corrected chi connectivity index (χ4v) is 3.23. The van der Waals surface area contributed by atoms with Crippen molar-refractivity contribution in [2.45, 2.75) is 33.1 Å². The molecule has 0 spiro atoms. The second-order valence-electron chi connectivity index (χ2n) is 6.64. The van der Waals surface area contributed by atoms with Crippen LogP contribution in [0, 0.1) is 5.41 Å². The predicted octanol–water partition coefficient (Wildman–Crippen LogP) is 2.32. The Hall–Kier alpha value is -2.44. The van der Waals surface area contributed by atoms with Gasteiger partial charge in [-0.25, -0.2) is 0 Å². The minimum absolute atomic E-state index is 0.0475. The van der Waals surface area contributed by atoms with Gasteiger partial charge in [0.25, 0.3) is 5.91 Å². The Kier molecular flexibility index (Phi) is 4.51. The van der Waals surface area contributed by atoms with Crippen molar-refractivity contribution in [3.8, 4) is 11.4 Å². The first kappa shape index (κ1) is 16.4. The lowest BCUT2D eigenvalue weighted by molar-refractivity contribution is 0.0543. The van der Waals surface area contributed by atoms with Crippen molar-refractivity contribution in [1.82, 2.24) is 25.1 Å². The molecular formula is C17H23N5O2. The first-order valence-corrected chi connectivity index (χ1v) is 8.27. The number of aromatic nitrogens is 4. The van der Waals surface area contributed by atoms with E-state index in [1.54, 1.807) is 25.3 Å². The highest BCUT2D eigenvalue weighted by Crippen LogP contribution is 2.33. The maximum Gasteiger partial charge on any atom is 0.253 e. The van der Waals surface area contributed by atoms with Gasteiger partial charge in [0.1, 0.15) is 17.8 Å². The van der Waals surface area contributed by atoms with Gasteiger partial charge in [-0.3, -0.25) is 4.79 Å². The van der Waals surface area contributed by atoms with E-state index >= 15 is 0 Å². The van der Waals surface area contributed by atoms with E-state index < -0.39 is 0 Å². The molecule has 2 aromatic rings. The van der Waals surface area contributed by atoms with Gasteiger partial charge in [-0.15, -0.1) is 5.10 Å². The molecular weight excluding hydrogens is 306 g/mol. The fraction of sp³-hybridized carbons (Fsp3) is 0.529. The highest BCUT2D eigenvalue weighted by molar-refractivity contribution is 5.95. The molecule has 1 atom stereocenters. The van der Waals surface area contributed by atoms with Crippen LogP contribution in [0.15, 0.2) is 24.5 Å². The van der Waals surface area contributed by atoms with Crippen LogP contribution in [0.2, 0.25) is 0 Å². The highest BCUT2D eigenvalue weighted by Gasteiger charge is 2.32. The summed E-state index contributed by atoms with van der Waals surface area (Å²) in [6.07, 6.45) is 4.79. The van der Waals surface area contributed by atoms with E-state index in [1.807, 2.05) is 4.90 Å². The number of rotatable bonds is 4. The Morgan fingerprint density at radius 2 is 2.25 bits per heavy atom. The number of tetrazole rings is 1. The van der Waals surface area contributed by atoms with Crippen LogP contribution in [0.3, 0.4) is 0 Å². The standard InChI is InChI=1S/C17H23N5O2/c1-4-17(2)8-5-9-21(11-17)16(23)13-6-7-15(24-3)14(10-13)22-12-18-19-20-22/h6-7,10,12H,4-5,8-9,11H2,1-3H3. The number of ether oxygens (including phenoxy) is 1. The van der Waals surface area contributed by atoms with E-state index in [-0.39, 0.29) is 11.3 Å². The topological polar surface area (TPSA) is 73.1 Å². The van der Waals surface area contributed by atoms with Gasteiger partial charge in [0.15, 0.2) is 0 Å². The maximum atomic E-state index is 12.9. The number of benzene rings is 1. The average molecular weight is 329 g/mol. The quantitative estimate of drug-likeness (QED) is 0.861. The third-order valence-corrected chi connectivity index (χ3v) is 4.94. The first-order chi connectivity index (χ1) is 11.6. The number of methoxy groups -OCH3 is 1. The molecule has 3 rings (SSSR count). The molecule has 1 aromatic carbocycles. The number of likely N-dealkylation sites (tertiary alicyclic amines) is 1. The molecule has 1 saturated heterocycles. The van der Waals surface area contributed by atoms with Gasteiger partial charge in [0, 0.05) is 18.7 Å². The maximum absolute atomic E-state index is 12.9. The van der Waals surface area contributed by atoms with E-state index in [4.69, 9.17) is 4.74 Å². The molecule has 128 valence electrons. The van der Waals surface area contributed by atoms with Crippen LogP contribution < -0.4 is 4.74 Å². The summed E-state index contributed by atoms with van der Waals surface area (Å²) in [5.41, 5.74) is 1.49. The van der Waals surface area contributed by atoms with Crippen molar-refractivity contribution in [1.29, 1.82) is 0 Å². The first-order valence-electron chi connectivity index (χ1n) is 8.27. The zero-order valence-corrected chi connectivity index (χ0v) is 14.4. The predicted molar refractivity (Wildman–Crippen MR) is 89.2 cm³/mol. The number of carbonyl (C=O) groups excluding carboxylic acids is 1. The Morgan fingerprint density at radius 1 is 1.42 bits per heavy atom. The van der Waals surface area contributed by atoms with Crippen molar-refractivity contribution in [3.05, 3.63) is 30.1 Å². The normalized spacial score (nSPS) is 20.9. The molecule has 7 nitrogen and oxygen atoms in total. The molecule has 7 heteroatoms. The fourth-order valence-electron chi connectivity index (χ4n) is 3.23.